The molecule has 1 amide bonds. The largest absolute Gasteiger partial charge is 0.379 e. The molecule has 0 fully saturated rings. The molecule has 0 aromatic rings. The predicted molar refractivity (Wildman–Crippen MR) is 61.9 cm³/mol. The third-order valence-corrected chi connectivity index (χ3v) is 1.70. The van der Waals surface area contributed by atoms with Gasteiger partial charge in [0, 0.05) is 14.1 Å². The lowest BCUT2D eigenvalue weighted by Gasteiger charge is -2.08. The van der Waals surface area contributed by atoms with Gasteiger partial charge in [-0.05, 0) is 20.3 Å². The van der Waals surface area contributed by atoms with E-state index in [1.807, 2.05) is 13.8 Å². The standard InChI is InChI=1S/C11H23NO3.H2/c1-4-5-6-14-7-8-15-9-11(13)12-10(2)3;/h10H,4-9H2,1-3H3,(H,12,13);1H. The Morgan fingerprint density at radius 1 is 1.27 bits per heavy atom. The maximum Gasteiger partial charge on any atom is 0.246 e. The van der Waals surface area contributed by atoms with E-state index < -0.39 is 0 Å². The molecule has 4 heteroatoms. The lowest BCUT2D eigenvalue weighted by Crippen LogP contribution is -2.33. The molecule has 0 aromatic carbocycles. The van der Waals surface area contributed by atoms with Gasteiger partial charge in [0.25, 0.3) is 0 Å². The Labute approximate surface area is 93.8 Å². The van der Waals surface area contributed by atoms with E-state index in [0.29, 0.717) is 13.2 Å². The Balaban J connectivity index is 0. The van der Waals surface area contributed by atoms with Crippen molar-refractivity contribution in [1.29, 1.82) is 0 Å². The second-order valence-corrected chi connectivity index (χ2v) is 3.74. The third kappa shape index (κ3) is 11.3. The van der Waals surface area contributed by atoms with Crippen LogP contribution in [0.1, 0.15) is 35.0 Å². The summed E-state index contributed by atoms with van der Waals surface area (Å²) in [5.41, 5.74) is 0. The lowest BCUT2D eigenvalue weighted by molar-refractivity contribution is -0.126. The molecule has 0 bridgehead atoms. The zero-order valence-electron chi connectivity index (χ0n) is 10.0. The van der Waals surface area contributed by atoms with Gasteiger partial charge in [-0.3, -0.25) is 4.79 Å². The first kappa shape index (κ1) is 14.4. The Morgan fingerprint density at radius 2 is 1.93 bits per heavy atom. The quantitative estimate of drug-likeness (QED) is 0.599. The third-order valence-electron chi connectivity index (χ3n) is 1.70. The number of carbonyl (C=O) groups is 1. The van der Waals surface area contributed by atoms with Crippen LogP contribution in [0.25, 0.3) is 0 Å². The van der Waals surface area contributed by atoms with Crippen molar-refractivity contribution in [3.05, 3.63) is 0 Å². The molecule has 0 atom stereocenters. The van der Waals surface area contributed by atoms with Crippen LogP contribution in [-0.4, -0.2) is 38.4 Å². The zero-order valence-corrected chi connectivity index (χ0v) is 10.0. The Bertz CT molecular complexity index is 165. The van der Waals surface area contributed by atoms with E-state index in [1.165, 1.54) is 0 Å². The van der Waals surface area contributed by atoms with E-state index in [0.717, 1.165) is 19.4 Å². The number of hydrogen-bond donors (Lipinski definition) is 1. The average molecular weight is 219 g/mol. The van der Waals surface area contributed by atoms with E-state index in [9.17, 15) is 4.79 Å². The van der Waals surface area contributed by atoms with Crippen molar-refractivity contribution in [2.75, 3.05) is 26.4 Å². The van der Waals surface area contributed by atoms with Crippen molar-refractivity contribution in [2.45, 2.75) is 39.7 Å². The van der Waals surface area contributed by atoms with Crippen LogP contribution in [0.4, 0.5) is 0 Å². The van der Waals surface area contributed by atoms with Gasteiger partial charge in [-0.25, -0.2) is 0 Å². The van der Waals surface area contributed by atoms with Crippen molar-refractivity contribution in [1.82, 2.24) is 5.32 Å². The molecule has 0 aliphatic rings. The highest BCUT2D eigenvalue weighted by molar-refractivity contribution is 5.77. The fourth-order valence-corrected chi connectivity index (χ4v) is 0.995. The molecule has 1 N–H and O–H groups in total. The van der Waals surface area contributed by atoms with Crippen LogP contribution >= 0.6 is 0 Å². The van der Waals surface area contributed by atoms with Gasteiger partial charge >= 0.3 is 0 Å². The molecule has 0 unspecified atom stereocenters. The first-order chi connectivity index (χ1) is 7.16. The van der Waals surface area contributed by atoms with Gasteiger partial charge < -0.3 is 14.8 Å². The molecule has 4 nitrogen and oxygen atoms in total. The van der Waals surface area contributed by atoms with Gasteiger partial charge in [-0.1, -0.05) is 13.3 Å². The first-order valence-corrected chi connectivity index (χ1v) is 5.61. The zero-order chi connectivity index (χ0) is 11.5. The minimum atomic E-state index is -0.0708. The molecule has 0 aromatic heterocycles. The fourth-order valence-electron chi connectivity index (χ4n) is 0.995. The number of unbranched alkanes of at least 4 members (excludes halogenated alkanes) is 1. The predicted octanol–water partition coefficient (Wildman–Crippen LogP) is 1.59. The van der Waals surface area contributed by atoms with E-state index >= 15 is 0 Å². The van der Waals surface area contributed by atoms with Gasteiger partial charge in [-0.15, -0.1) is 0 Å². The lowest BCUT2D eigenvalue weighted by atomic mass is 10.4. The van der Waals surface area contributed by atoms with Gasteiger partial charge in [0.2, 0.25) is 5.91 Å². The summed E-state index contributed by atoms with van der Waals surface area (Å²) in [4.78, 5) is 11.1. The molecule has 0 rings (SSSR count). The van der Waals surface area contributed by atoms with E-state index in [1.54, 1.807) is 0 Å². The minimum absolute atomic E-state index is 0. The van der Waals surface area contributed by atoms with E-state index in [-0.39, 0.29) is 20.0 Å². The molecule has 15 heavy (non-hydrogen) atoms. The normalized spacial score (nSPS) is 10.7. The number of hydrogen-bond acceptors (Lipinski definition) is 3. The van der Waals surface area contributed by atoms with Crippen molar-refractivity contribution in [3.63, 3.8) is 0 Å². The smallest absolute Gasteiger partial charge is 0.246 e. The highest BCUT2D eigenvalue weighted by atomic mass is 16.5. The molecule has 0 spiro atoms. The van der Waals surface area contributed by atoms with Gasteiger partial charge in [-0.2, -0.15) is 0 Å². The van der Waals surface area contributed by atoms with Crippen LogP contribution < -0.4 is 5.32 Å². The highest BCUT2D eigenvalue weighted by Gasteiger charge is 2.02. The SMILES string of the molecule is CCCCOCCOCC(=O)NC(C)C.[HH]. The summed E-state index contributed by atoms with van der Waals surface area (Å²) < 4.78 is 10.4. The Hall–Kier alpha value is -0.610. The van der Waals surface area contributed by atoms with Gasteiger partial charge in [0.15, 0.2) is 0 Å². The maximum absolute atomic E-state index is 11.1. The van der Waals surface area contributed by atoms with Gasteiger partial charge in [0.1, 0.15) is 6.61 Å². The summed E-state index contributed by atoms with van der Waals surface area (Å²) in [7, 11) is 0. The fraction of sp³-hybridized carbons (Fsp3) is 0.909. The topological polar surface area (TPSA) is 47.6 Å². The van der Waals surface area contributed by atoms with Crippen LogP contribution in [0.15, 0.2) is 0 Å². The molecular weight excluding hydrogens is 194 g/mol. The number of ether oxygens (including phenoxy) is 2. The number of nitrogens with one attached hydrogen (secondary N) is 1. The summed E-state index contributed by atoms with van der Waals surface area (Å²) in [5.74, 6) is -0.0708. The van der Waals surface area contributed by atoms with Crippen molar-refractivity contribution in [2.24, 2.45) is 0 Å². The molecule has 0 aliphatic heterocycles. The average Bonchev–Trinajstić information content (AvgIpc) is 2.15. The molecule has 0 radical (unpaired) electrons. The summed E-state index contributed by atoms with van der Waals surface area (Å²) in [5, 5.41) is 2.75. The summed E-state index contributed by atoms with van der Waals surface area (Å²) in [6, 6.07) is 0.168. The van der Waals surface area contributed by atoms with Crippen molar-refractivity contribution in [3.8, 4) is 0 Å². The number of amides is 1. The van der Waals surface area contributed by atoms with Crippen molar-refractivity contribution >= 4 is 5.91 Å². The Morgan fingerprint density at radius 3 is 2.53 bits per heavy atom. The summed E-state index contributed by atoms with van der Waals surface area (Å²) >= 11 is 0. The van der Waals surface area contributed by atoms with E-state index in [2.05, 4.69) is 12.2 Å². The van der Waals surface area contributed by atoms with Crippen molar-refractivity contribution < 1.29 is 15.7 Å². The first-order valence-electron chi connectivity index (χ1n) is 5.61. The number of carbonyl (C=O) groups excluding carboxylic acids is 1. The molecule has 0 saturated carbocycles. The molecule has 0 heterocycles. The number of rotatable bonds is 9. The van der Waals surface area contributed by atoms with Crippen LogP contribution in [0.5, 0.6) is 0 Å². The second-order valence-electron chi connectivity index (χ2n) is 3.74. The van der Waals surface area contributed by atoms with Crippen LogP contribution in [0.3, 0.4) is 0 Å². The maximum atomic E-state index is 11.1. The Kier molecular flexibility index (Phi) is 9.52. The molecular formula is C11H25NO3. The minimum Gasteiger partial charge on any atom is -0.379 e. The van der Waals surface area contributed by atoms with Crippen LogP contribution in [0, 0.1) is 0 Å². The molecule has 0 saturated heterocycles. The van der Waals surface area contributed by atoms with E-state index in [4.69, 9.17) is 9.47 Å². The van der Waals surface area contributed by atoms with Crippen LogP contribution in [0.2, 0.25) is 0 Å². The highest BCUT2D eigenvalue weighted by Crippen LogP contribution is 1.88. The van der Waals surface area contributed by atoms with Gasteiger partial charge in [0.05, 0.1) is 13.2 Å². The molecule has 92 valence electrons. The monoisotopic (exact) mass is 219 g/mol. The summed E-state index contributed by atoms with van der Waals surface area (Å²) in [6.07, 6.45) is 2.21. The van der Waals surface area contributed by atoms with Crippen LogP contribution in [-0.2, 0) is 14.3 Å². The second kappa shape index (κ2) is 9.93. The molecule has 0 aliphatic carbocycles. The summed E-state index contributed by atoms with van der Waals surface area (Å²) in [6.45, 7) is 7.91.